The Morgan fingerprint density at radius 1 is 1.25 bits per heavy atom. The summed E-state index contributed by atoms with van der Waals surface area (Å²) in [6.07, 6.45) is 0. The van der Waals surface area contributed by atoms with E-state index in [9.17, 15) is 4.79 Å². The van der Waals surface area contributed by atoms with Crippen LogP contribution in [-0.2, 0) is 4.74 Å². The number of hydrogen-bond donors (Lipinski definition) is 2. The van der Waals surface area contributed by atoms with Crippen LogP contribution >= 0.6 is 0 Å². The zero-order valence-electron chi connectivity index (χ0n) is 12.1. The molecule has 0 heterocycles. The predicted molar refractivity (Wildman–Crippen MR) is 81.8 cm³/mol. The first-order valence-corrected chi connectivity index (χ1v) is 6.54. The Morgan fingerprint density at radius 2 is 1.85 bits per heavy atom. The molecule has 0 bridgehead atoms. The van der Waals surface area contributed by atoms with Gasteiger partial charge in [-0.25, -0.2) is 0 Å². The molecule has 106 valence electrons. The van der Waals surface area contributed by atoms with Crippen LogP contribution in [0.3, 0.4) is 0 Å². The third-order valence-corrected chi connectivity index (χ3v) is 3.39. The minimum atomic E-state index is -0.402. The van der Waals surface area contributed by atoms with Gasteiger partial charge < -0.3 is 15.8 Å². The number of nitrogen functional groups attached to an aromatic ring is 1. The van der Waals surface area contributed by atoms with Gasteiger partial charge in [-0.15, -0.1) is 0 Å². The maximum atomic E-state index is 12.2. The van der Waals surface area contributed by atoms with E-state index in [0.29, 0.717) is 17.8 Å². The van der Waals surface area contributed by atoms with Crippen molar-refractivity contribution in [1.29, 1.82) is 0 Å². The van der Waals surface area contributed by atoms with Gasteiger partial charge in [0.1, 0.15) is 0 Å². The van der Waals surface area contributed by atoms with Crippen molar-refractivity contribution in [2.24, 2.45) is 0 Å². The number of anilines is 1. The number of methoxy groups -OCH3 is 1. The van der Waals surface area contributed by atoms with Crippen molar-refractivity contribution in [2.45, 2.75) is 19.4 Å². The number of hydrogen-bond acceptors (Lipinski definition) is 3. The maximum Gasteiger partial charge on any atom is 0.253 e. The summed E-state index contributed by atoms with van der Waals surface area (Å²) in [4.78, 5) is 12.2. The van der Waals surface area contributed by atoms with Crippen molar-refractivity contribution in [1.82, 2.24) is 5.32 Å². The second-order valence-corrected chi connectivity index (χ2v) is 5.43. The lowest BCUT2D eigenvalue weighted by Crippen LogP contribution is -2.39. The highest BCUT2D eigenvalue weighted by atomic mass is 16.5. The van der Waals surface area contributed by atoms with Crippen molar-refractivity contribution in [2.75, 3.05) is 19.4 Å². The monoisotopic (exact) mass is 272 g/mol. The van der Waals surface area contributed by atoms with Crippen LogP contribution in [0.2, 0.25) is 0 Å². The molecular formula is C16H20N2O2. The average molecular weight is 272 g/mol. The highest BCUT2D eigenvalue weighted by Crippen LogP contribution is 2.22. The van der Waals surface area contributed by atoms with Crippen LogP contribution in [0, 0.1) is 0 Å². The number of carbonyl (C=O) groups excluding carboxylic acids is 1. The zero-order chi connectivity index (χ0) is 14.8. The highest BCUT2D eigenvalue weighted by Gasteiger charge is 2.19. The number of ether oxygens (including phenoxy) is 1. The highest BCUT2D eigenvalue weighted by molar-refractivity contribution is 6.03. The summed E-state index contributed by atoms with van der Waals surface area (Å²) >= 11 is 0. The van der Waals surface area contributed by atoms with Crippen LogP contribution in [0.25, 0.3) is 10.8 Å². The molecule has 4 nitrogen and oxygen atoms in total. The van der Waals surface area contributed by atoms with Crippen LogP contribution in [0.5, 0.6) is 0 Å². The second-order valence-electron chi connectivity index (χ2n) is 5.43. The van der Waals surface area contributed by atoms with Gasteiger partial charge in [0.05, 0.1) is 11.2 Å². The molecule has 0 spiro atoms. The van der Waals surface area contributed by atoms with Gasteiger partial charge >= 0.3 is 0 Å². The van der Waals surface area contributed by atoms with E-state index in [0.717, 1.165) is 10.8 Å². The molecule has 0 aromatic heterocycles. The molecule has 0 fully saturated rings. The summed E-state index contributed by atoms with van der Waals surface area (Å²) < 4.78 is 5.28. The fourth-order valence-electron chi connectivity index (χ4n) is 1.92. The quantitative estimate of drug-likeness (QED) is 0.841. The van der Waals surface area contributed by atoms with Gasteiger partial charge in [0, 0.05) is 19.3 Å². The standard InChI is InChI=1S/C16H20N2O2/c1-16(2,20-3)10-18-15(19)13-8-11-6-4-5-7-12(11)9-14(13)17/h4-9H,10,17H2,1-3H3,(H,18,19). The first kappa shape index (κ1) is 14.3. The van der Waals surface area contributed by atoms with Gasteiger partial charge in [0.25, 0.3) is 5.91 Å². The van der Waals surface area contributed by atoms with Crippen molar-refractivity contribution in [3.8, 4) is 0 Å². The zero-order valence-corrected chi connectivity index (χ0v) is 12.1. The van der Waals surface area contributed by atoms with Crippen LogP contribution in [-0.4, -0.2) is 25.2 Å². The number of benzene rings is 2. The van der Waals surface area contributed by atoms with Crippen LogP contribution < -0.4 is 11.1 Å². The molecule has 3 N–H and O–H groups in total. The van der Waals surface area contributed by atoms with Gasteiger partial charge in [-0.05, 0) is 36.8 Å². The largest absolute Gasteiger partial charge is 0.398 e. The topological polar surface area (TPSA) is 64.3 Å². The van der Waals surface area contributed by atoms with E-state index in [4.69, 9.17) is 10.5 Å². The smallest absolute Gasteiger partial charge is 0.253 e. The molecular weight excluding hydrogens is 252 g/mol. The number of nitrogens with two attached hydrogens (primary N) is 1. The Hall–Kier alpha value is -2.07. The molecule has 0 aliphatic heterocycles. The van der Waals surface area contributed by atoms with Gasteiger partial charge in [-0.1, -0.05) is 24.3 Å². The van der Waals surface area contributed by atoms with E-state index in [2.05, 4.69) is 5.32 Å². The predicted octanol–water partition coefficient (Wildman–Crippen LogP) is 2.58. The number of nitrogens with one attached hydrogen (secondary N) is 1. The molecule has 2 aromatic carbocycles. The summed E-state index contributed by atoms with van der Waals surface area (Å²) in [5.74, 6) is -0.182. The van der Waals surface area contributed by atoms with Gasteiger partial charge in [0.2, 0.25) is 0 Å². The lowest BCUT2D eigenvalue weighted by atomic mass is 10.0. The molecule has 0 saturated heterocycles. The molecule has 2 aromatic rings. The lowest BCUT2D eigenvalue weighted by molar-refractivity contribution is 0.0229. The second kappa shape index (κ2) is 5.51. The van der Waals surface area contributed by atoms with Gasteiger partial charge in [-0.3, -0.25) is 4.79 Å². The molecule has 4 heteroatoms. The fraction of sp³-hybridized carbons (Fsp3) is 0.312. The molecule has 0 aliphatic carbocycles. The molecule has 0 aliphatic rings. The van der Waals surface area contributed by atoms with Crippen LogP contribution in [0.1, 0.15) is 24.2 Å². The first-order chi connectivity index (χ1) is 9.43. The molecule has 1 amide bonds. The van der Waals surface area contributed by atoms with Gasteiger partial charge in [-0.2, -0.15) is 0 Å². The van der Waals surface area contributed by atoms with Crippen molar-refractivity contribution < 1.29 is 9.53 Å². The Morgan fingerprint density at radius 3 is 2.45 bits per heavy atom. The first-order valence-electron chi connectivity index (χ1n) is 6.54. The Bertz CT molecular complexity index is 635. The van der Waals surface area contributed by atoms with Crippen molar-refractivity contribution in [3.05, 3.63) is 42.0 Å². The molecule has 0 saturated carbocycles. The summed E-state index contributed by atoms with van der Waals surface area (Å²) in [7, 11) is 1.62. The SMILES string of the molecule is COC(C)(C)CNC(=O)c1cc2ccccc2cc1N. The Kier molecular flexibility index (Phi) is 3.95. The lowest BCUT2D eigenvalue weighted by Gasteiger charge is -2.23. The van der Waals surface area contributed by atoms with Crippen molar-refractivity contribution in [3.63, 3.8) is 0 Å². The van der Waals surface area contributed by atoms with E-state index in [-0.39, 0.29) is 5.91 Å². The number of carbonyl (C=O) groups is 1. The van der Waals surface area contributed by atoms with Crippen LogP contribution in [0.4, 0.5) is 5.69 Å². The molecule has 20 heavy (non-hydrogen) atoms. The minimum absolute atomic E-state index is 0.182. The van der Waals surface area contributed by atoms with E-state index in [1.165, 1.54) is 0 Å². The van der Waals surface area contributed by atoms with E-state index < -0.39 is 5.60 Å². The number of rotatable bonds is 4. The maximum absolute atomic E-state index is 12.2. The molecule has 0 atom stereocenters. The van der Waals surface area contributed by atoms with Crippen molar-refractivity contribution >= 4 is 22.4 Å². The molecule has 0 radical (unpaired) electrons. The van der Waals surface area contributed by atoms with Crippen LogP contribution in [0.15, 0.2) is 36.4 Å². The Balaban J connectivity index is 2.24. The summed E-state index contributed by atoms with van der Waals surface area (Å²) in [6, 6.07) is 11.5. The summed E-state index contributed by atoms with van der Waals surface area (Å²) in [5.41, 5.74) is 6.54. The summed E-state index contributed by atoms with van der Waals surface area (Å²) in [6.45, 7) is 4.25. The van der Waals surface area contributed by atoms with E-state index in [1.54, 1.807) is 7.11 Å². The average Bonchev–Trinajstić information content (AvgIpc) is 2.44. The number of fused-ring (bicyclic) bond motifs is 1. The molecule has 0 unspecified atom stereocenters. The van der Waals surface area contributed by atoms with E-state index >= 15 is 0 Å². The minimum Gasteiger partial charge on any atom is -0.398 e. The third kappa shape index (κ3) is 3.08. The normalized spacial score (nSPS) is 11.6. The van der Waals surface area contributed by atoms with Gasteiger partial charge in [0.15, 0.2) is 0 Å². The fourth-order valence-corrected chi connectivity index (χ4v) is 1.92. The number of amides is 1. The molecule has 2 rings (SSSR count). The Labute approximate surface area is 118 Å². The third-order valence-electron chi connectivity index (χ3n) is 3.39. The van der Waals surface area contributed by atoms with E-state index in [1.807, 2.05) is 50.2 Å². The summed E-state index contributed by atoms with van der Waals surface area (Å²) in [5, 5.41) is 4.88.